The quantitative estimate of drug-likeness (QED) is 0.260. The Morgan fingerprint density at radius 1 is 1.08 bits per heavy atom. The maximum absolute atomic E-state index is 15.4. The number of carbonyl (C=O) groups is 5. The van der Waals surface area contributed by atoms with Crippen LogP contribution in [0.2, 0.25) is 0 Å². The van der Waals surface area contributed by atoms with Crippen molar-refractivity contribution in [3.8, 4) is 0 Å². The summed E-state index contributed by atoms with van der Waals surface area (Å²) in [5, 5.41) is 11.1. The van der Waals surface area contributed by atoms with Crippen LogP contribution in [0.1, 0.15) is 58.3 Å². The number of ether oxygens (including phenoxy) is 7. The molecule has 3 aliphatic carbocycles. The van der Waals surface area contributed by atoms with Crippen LogP contribution < -0.4 is 0 Å². The van der Waals surface area contributed by atoms with E-state index in [4.69, 9.17) is 33.2 Å². The molecular formula is C34H40O13S. The Balaban J connectivity index is 1.71. The van der Waals surface area contributed by atoms with Crippen molar-refractivity contribution < 1.29 is 62.2 Å². The lowest BCUT2D eigenvalue weighted by atomic mass is 9.44. The van der Waals surface area contributed by atoms with Gasteiger partial charge in [-0.3, -0.25) is 9.59 Å². The van der Waals surface area contributed by atoms with Crippen molar-refractivity contribution in [1.29, 1.82) is 0 Å². The Kier molecular flexibility index (Phi) is 8.49. The smallest absolute Gasteiger partial charge is 0.454 e. The Morgan fingerprint density at radius 2 is 1.77 bits per heavy atom. The van der Waals surface area contributed by atoms with Gasteiger partial charge in [0.15, 0.2) is 29.7 Å². The van der Waals surface area contributed by atoms with Gasteiger partial charge in [0.05, 0.1) is 29.6 Å². The minimum Gasteiger partial charge on any atom is -0.454 e. The van der Waals surface area contributed by atoms with Crippen LogP contribution in [0.15, 0.2) is 41.5 Å². The zero-order valence-electron chi connectivity index (χ0n) is 27.8. The van der Waals surface area contributed by atoms with E-state index >= 15 is 4.79 Å². The molecule has 0 amide bonds. The molecule has 10 atom stereocenters. The van der Waals surface area contributed by atoms with Crippen LogP contribution in [0.25, 0.3) is 0 Å². The number of hydrogen-bond acceptors (Lipinski definition) is 14. The molecule has 1 N–H and O–H groups in total. The van der Waals surface area contributed by atoms with Gasteiger partial charge in [-0.1, -0.05) is 39.0 Å². The number of esters is 2. The molecule has 1 aromatic carbocycles. The first-order valence-corrected chi connectivity index (χ1v) is 16.9. The van der Waals surface area contributed by atoms with Crippen LogP contribution in [0.3, 0.4) is 0 Å². The van der Waals surface area contributed by atoms with Crippen molar-refractivity contribution in [2.75, 3.05) is 19.5 Å². The maximum Gasteiger partial charge on any atom is 0.509 e. The standard InChI is InChI=1S/C34H40O13S/c1-8-48-30(40)43-23-21-16(2)22(36)26-34(31(21,4)5,47-29(39)45-26)27(44-28(38)18-12-10-9-11-13-18)24-32(6,25(23)37)19(41-7)14-20-33(24,15-42-20)46-17(3)35/h9-13,19-20,22-24,26-27,36H,8,14-15H2,1-7H3/t19-,20+,22+,23+,24-,26-,27-,32+,33-,34+/m0/s1. The Labute approximate surface area is 281 Å². The molecule has 5 aliphatic rings. The summed E-state index contributed by atoms with van der Waals surface area (Å²) in [6.07, 6.45) is -9.11. The summed E-state index contributed by atoms with van der Waals surface area (Å²) < 4.78 is 42.4. The van der Waals surface area contributed by atoms with Gasteiger partial charge in [0.1, 0.15) is 12.2 Å². The second kappa shape index (κ2) is 11.9. The minimum atomic E-state index is -2.05. The number of benzene rings is 1. The van der Waals surface area contributed by atoms with E-state index < -0.39 is 93.8 Å². The van der Waals surface area contributed by atoms with E-state index in [1.165, 1.54) is 26.2 Å². The molecule has 2 saturated heterocycles. The van der Waals surface area contributed by atoms with Crippen molar-refractivity contribution in [1.82, 2.24) is 0 Å². The predicted molar refractivity (Wildman–Crippen MR) is 167 cm³/mol. The van der Waals surface area contributed by atoms with Gasteiger partial charge in [-0.2, -0.15) is 0 Å². The highest BCUT2D eigenvalue weighted by Gasteiger charge is 2.83. The number of methoxy groups -OCH3 is 1. The van der Waals surface area contributed by atoms with Crippen molar-refractivity contribution in [3.05, 3.63) is 47.0 Å². The number of rotatable bonds is 6. The largest absolute Gasteiger partial charge is 0.509 e. The van der Waals surface area contributed by atoms with Gasteiger partial charge in [0.2, 0.25) is 5.60 Å². The molecule has 4 fully saturated rings. The first kappa shape index (κ1) is 34.4. The third-order valence-electron chi connectivity index (χ3n) is 11.1. The molecule has 2 bridgehead atoms. The summed E-state index contributed by atoms with van der Waals surface area (Å²) in [6, 6.07) is 8.08. The molecule has 0 unspecified atom stereocenters. The Morgan fingerprint density at radius 3 is 2.35 bits per heavy atom. The molecule has 2 aliphatic heterocycles. The molecule has 260 valence electrons. The van der Waals surface area contributed by atoms with Crippen LogP contribution in [-0.4, -0.2) is 102 Å². The van der Waals surface area contributed by atoms with Gasteiger partial charge in [0.25, 0.3) is 0 Å². The number of thioether (sulfide) groups is 1. The Hall–Kier alpha value is -3.46. The number of hydrogen-bond donors (Lipinski definition) is 1. The van der Waals surface area contributed by atoms with Crippen LogP contribution in [0.5, 0.6) is 0 Å². The molecule has 2 heterocycles. The summed E-state index contributed by atoms with van der Waals surface area (Å²) >= 11 is 0.853. The summed E-state index contributed by atoms with van der Waals surface area (Å²) in [5.74, 6) is -3.14. The highest BCUT2D eigenvalue weighted by molar-refractivity contribution is 8.13. The van der Waals surface area contributed by atoms with E-state index in [1.807, 2.05) is 0 Å². The summed E-state index contributed by atoms with van der Waals surface area (Å²) in [5.41, 5.74) is -6.37. The molecule has 14 heteroatoms. The minimum absolute atomic E-state index is 0.0863. The van der Waals surface area contributed by atoms with Gasteiger partial charge in [-0.15, -0.1) is 0 Å². The molecule has 6 rings (SSSR count). The summed E-state index contributed by atoms with van der Waals surface area (Å²) in [6.45, 7) is 9.24. The SMILES string of the molecule is CCSC(=O)O[C@H]1C(=O)[C@]2(C)[C@@H](OC)C[C@H]3OC[C@@]3(OC(C)=O)[C@H]2[C@H](OC(=O)c2ccccc2)[C@]23OC(=O)O[C@H]2[C@H](O)C(C)=C1C3(C)C. The average molecular weight is 689 g/mol. The van der Waals surface area contributed by atoms with Gasteiger partial charge >= 0.3 is 23.4 Å². The number of aliphatic hydroxyl groups excluding tert-OH is 1. The number of Topliss-reactive ketones (excluding diaryl/α,β-unsaturated/α-hetero) is 1. The topological polar surface area (TPSA) is 170 Å². The van der Waals surface area contributed by atoms with Gasteiger partial charge in [-0.25, -0.2) is 14.4 Å². The molecule has 13 nitrogen and oxygen atoms in total. The van der Waals surface area contributed by atoms with Gasteiger partial charge in [-0.05, 0) is 48.9 Å². The number of ketones is 1. The lowest BCUT2D eigenvalue weighted by molar-refractivity contribution is -0.347. The number of aliphatic hydroxyl groups is 1. The molecule has 0 aromatic heterocycles. The maximum atomic E-state index is 15.4. The van der Waals surface area contributed by atoms with Crippen molar-refractivity contribution in [2.45, 2.75) is 95.8 Å². The molecule has 0 radical (unpaired) electrons. The zero-order valence-corrected chi connectivity index (χ0v) is 28.6. The van der Waals surface area contributed by atoms with Crippen molar-refractivity contribution in [2.24, 2.45) is 16.7 Å². The first-order chi connectivity index (χ1) is 22.6. The molecular weight excluding hydrogens is 648 g/mol. The first-order valence-electron chi connectivity index (χ1n) is 15.9. The van der Waals surface area contributed by atoms with E-state index in [0.717, 1.165) is 11.8 Å². The lowest BCUT2D eigenvalue weighted by Crippen LogP contribution is -2.83. The fourth-order valence-corrected chi connectivity index (χ4v) is 9.45. The highest BCUT2D eigenvalue weighted by atomic mass is 32.2. The Bertz CT molecular complexity index is 1570. The van der Waals surface area contributed by atoms with Crippen LogP contribution in [0, 0.1) is 16.7 Å². The summed E-state index contributed by atoms with van der Waals surface area (Å²) in [4.78, 5) is 69.0. The number of fused-ring (bicyclic) bond motifs is 4. The molecule has 1 aromatic rings. The summed E-state index contributed by atoms with van der Waals surface area (Å²) in [7, 11) is 1.41. The molecule has 1 spiro atoms. The fourth-order valence-electron chi connectivity index (χ4n) is 9.05. The third kappa shape index (κ3) is 4.58. The van der Waals surface area contributed by atoms with E-state index in [0.29, 0.717) is 5.75 Å². The van der Waals surface area contributed by atoms with E-state index in [-0.39, 0.29) is 29.7 Å². The normalized spacial score (nSPS) is 39.2. The average Bonchev–Trinajstić information content (AvgIpc) is 3.40. The van der Waals surface area contributed by atoms with E-state index in [9.17, 15) is 24.3 Å². The van der Waals surface area contributed by atoms with Crippen molar-refractivity contribution in [3.63, 3.8) is 0 Å². The van der Waals surface area contributed by atoms with Crippen molar-refractivity contribution >= 4 is 40.9 Å². The lowest BCUT2D eigenvalue weighted by Gasteiger charge is -2.67. The van der Waals surface area contributed by atoms with Crippen LogP contribution in [0.4, 0.5) is 9.59 Å². The highest BCUT2D eigenvalue weighted by Crippen LogP contribution is 2.67. The van der Waals surface area contributed by atoms with Crippen LogP contribution >= 0.6 is 11.8 Å². The third-order valence-corrected chi connectivity index (χ3v) is 11.7. The molecule has 2 saturated carbocycles. The monoisotopic (exact) mass is 688 g/mol. The van der Waals surface area contributed by atoms with E-state index in [2.05, 4.69) is 0 Å². The van der Waals surface area contributed by atoms with Gasteiger partial charge in [0, 0.05) is 31.6 Å². The predicted octanol–water partition coefficient (Wildman–Crippen LogP) is 3.79. The number of carbonyl (C=O) groups excluding carboxylic acids is 5. The second-order valence-corrected chi connectivity index (χ2v) is 14.9. The van der Waals surface area contributed by atoms with Gasteiger partial charge < -0.3 is 38.3 Å². The van der Waals surface area contributed by atoms with Crippen LogP contribution in [-0.2, 0) is 42.7 Å². The van der Waals surface area contributed by atoms with E-state index in [1.54, 1.807) is 52.8 Å². The fraction of sp³-hybridized carbons (Fsp3) is 0.618. The zero-order chi connectivity index (χ0) is 35.0. The second-order valence-electron chi connectivity index (χ2n) is 13.7. The molecule has 48 heavy (non-hydrogen) atoms.